The number of hydrogen-bond donors (Lipinski definition) is 14. The van der Waals surface area contributed by atoms with E-state index in [1.807, 2.05) is 36.4 Å². The first-order chi connectivity index (χ1) is 44.4. The number of nitrogens with two attached hydrogens (primary N) is 1. The van der Waals surface area contributed by atoms with E-state index in [9.17, 15) is 84.5 Å². The number of carbonyl (C=O) groups excluding carboxylic acids is 8. The summed E-state index contributed by atoms with van der Waals surface area (Å²) >= 11 is 0.777. The fourth-order valence-corrected chi connectivity index (χ4v) is 11.9. The predicted octanol–water partition coefficient (Wildman–Crippen LogP) is -5.11. The third-order valence-corrected chi connectivity index (χ3v) is 17.2. The summed E-state index contributed by atoms with van der Waals surface area (Å²) in [5, 5.41) is 124. The first-order valence-corrected chi connectivity index (χ1v) is 30.9. The van der Waals surface area contributed by atoms with E-state index < -0.39 is 183 Å². The Balaban J connectivity index is 0.0000125. The Labute approximate surface area is 567 Å². The van der Waals surface area contributed by atoms with Crippen molar-refractivity contribution in [2.24, 2.45) is 11.7 Å². The zero-order valence-electron chi connectivity index (χ0n) is 51.1. The number of benzene rings is 3. The van der Waals surface area contributed by atoms with Crippen LogP contribution >= 0.6 is 23.7 Å². The molecule has 0 aliphatic carbocycles. The van der Waals surface area contributed by atoms with Crippen LogP contribution in [-0.4, -0.2) is 207 Å². The second-order valence-corrected chi connectivity index (χ2v) is 24.1. The molecule has 3 saturated heterocycles. The van der Waals surface area contributed by atoms with E-state index in [1.165, 1.54) is 19.1 Å². The smallest absolute Gasteiger partial charge is 0.691 e. The quantitative estimate of drug-likeness (QED) is 0.0107. The van der Waals surface area contributed by atoms with Gasteiger partial charge in [0.1, 0.15) is 54.2 Å². The van der Waals surface area contributed by atoms with Crippen LogP contribution in [0, 0.1) is 5.92 Å². The number of primary amides is 1. The Morgan fingerprint density at radius 3 is 2.12 bits per heavy atom. The van der Waals surface area contributed by atoms with E-state index in [-0.39, 0.29) is 64.1 Å². The Bertz CT molecular complexity index is 3460. The van der Waals surface area contributed by atoms with Crippen LogP contribution in [0.2, 0.25) is 0 Å². The maximum absolute atomic E-state index is 14.7. The van der Waals surface area contributed by atoms with E-state index in [4.69, 9.17) is 19.1 Å². The van der Waals surface area contributed by atoms with Gasteiger partial charge in [-0.2, -0.15) is 0 Å². The minimum absolute atomic E-state index is 0. The molecular formula is C59H71N10NaO22S2. The maximum atomic E-state index is 14.7. The van der Waals surface area contributed by atoms with Gasteiger partial charge in [-0.25, -0.2) is 0 Å². The van der Waals surface area contributed by atoms with Gasteiger partial charge in [-0.05, 0) is 78.6 Å². The van der Waals surface area contributed by atoms with Gasteiger partial charge in [-0.3, -0.25) is 43.4 Å². The van der Waals surface area contributed by atoms with E-state index in [0.29, 0.717) is 21.9 Å². The Kier molecular flexibility index (Phi) is 26.6. The Morgan fingerprint density at radius 2 is 1.45 bits per heavy atom. The molecule has 13 unspecified atom stereocenters. The molecule has 32 nitrogen and oxygen atoms in total. The number of carbonyl (C=O) groups is 8. The van der Waals surface area contributed by atoms with Crippen molar-refractivity contribution in [2.75, 3.05) is 26.2 Å². The fraction of sp³-hybridized carbons (Fsp3) is 0.458. The number of hydrogen-bond acceptors (Lipinski definition) is 26. The van der Waals surface area contributed by atoms with Gasteiger partial charge in [0.25, 0.3) is 24.1 Å². The van der Waals surface area contributed by atoms with Crippen molar-refractivity contribution >= 4 is 70.9 Å². The second-order valence-electron chi connectivity index (χ2n) is 22.6. The molecule has 5 heterocycles. The van der Waals surface area contributed by atoms with E-state index in [0.717, 1.165) is 77.5 Å². The predicted molar refractivity (Wildman–Crippen MR) is 322 cm³/mol. The molecule has 8 amide bonds. The van der Waals surface area contributed by atoms with Crippen molar-refractivity contribution < 1.29 is 137 Å². The number of rotatable bonds is 21. The van der Waals surface area contributed by atoms with Gasteiger partial charge in [0, 0.05) is 44.0 Å². The molecular weight excluding hydrogens is 1290 g/mol. The van der Waals surface area contributed by atoms with Gasteiger partial charge in [-0.15, -0.1) is 25.9 Å². The Hall–Kier alpha value is -7.39. The van der Waals surface area contributed by atoms with Crippen LogP contribution in [0.15, 0.2) is 83.3 Å². The minimum atomic E-state index is -2.55. The van der Waals surface area contributed by atoms with Crippen LogP contribution in [0.25, 0.3) is 33.3 Å². The number of nitrogens with one attached hydrogen (secondary N) is 5. The summed E-state index contributed by atoms with van der Waals surface area (Å²) in [6.45, 7) is 3.38. The summed E-state index contributed by atoms with van der Waals surface area (Å²) in [7, 11) is 0. The topological polar surface area (TPSA) is 490 Å². The van der Waals surface area contributed by atoms with Crippen molar-refractivity contribution in [2.45, 2.75) is 138 Å². The number of nitrogens with zero attached hydrogens (tertiary/aromatic N) is 4. The van der Waals surface area contributed by atoms with Crippen molar-refractivity contribution in [1.82, 2.24) is 46.6 Å². The molecule has 3 aliphatic rings. The monoisotopic (exact) mass is 1360 g/mol. The number of aromatic hydroxyl groups is 1. The van der Waals surface area contributed by atoms with Crippen LogP contribution in [0.4, 0.5) is 0 Å². The van der Waals surface area contributed by atoms with Gasteiger partial charge >= 0.3 is 29.6 Å². The number of amides is 8. The van der Waals surface area contributed by atoms with Gasteiger partial charge in [0.05, 0.1) is 53.3 Å². The summed E-state index contributed by atoms with van der Waals surface area (Å²) in [6.07, 6.45) is -13.2. The number of unbranched alkanes of at least 4 members (excludes halogenated alkanes) is 2. The molecule has 3 fully saturated rings. The largest absolute Gasteiger partial charge is 1.00 e. The number of phenols is 1. The standard InChI is InChI=1S/C59H72N10O22S2.Na/c1-4-5-6-19-87-35-14-11-30(12-15-35)29-7-9-31(10-8-29)56-66-67-57(88-56)42-18-17-41(92-42)53(81)62-36-21-33(71)24-61-55(83)47-48(76)27(2)25-69(47)59(85)45(39(74)23-43(60)75)64-54(82)46(50(78)49(77)32-13-16-38(73)40(20-32)89-93-91-90-86)65-52(80)37-22-34(72)26-68(37)58(84)44(28(3)70)63-51(36)79;/h7-18,20,27-28,33-34,36-37,39,44-50,70-74,76-78,86H,4-6,19,21-26H2,1-3H3,(H2,60,75)(H,61,83)(H,62,81)(H,63,79)(H,64,82)(H,65,80);/q;+1/p-1/t27?,28?,33?,34?,36-,37?,39?,44?,45?,46?,47?,48?,49?,50?;/m0./s1. The summed E-state index contributed by atoms with van der Waals surface area (Å²) in [5.41, 5.74) is 7.46. The summed E-state index contributed by atoms with van der Waals surface area (Å²) in [6, 6.07) is 8.42. The van der Waals surface area contributed by atoms with Gasteiger partial charge in [-0.1, -0.05) is 57.0 Å². The number of aliphatic hydroxyl groups excluding tert-OH is 7. The number of thiophene rings is 1. The average molecular weight is 1360 g/mol. The molecule has 0 bridgehead atoms. The third-order valence-electron chi connectivity index (χ3n) is 15.7. The van der Waals surface area contributed by atoms with Gasteiger partial charge < -0.3 is 102 Å². The first kappa shape index (κ1) is 74.0. The SMILES string of the molecule is CCCCCOc1ccc(-c2ccc(-c3nnc(-c4ccc(C(=O)N[C@H]5CC(O)CNC(=O)C6C(O)C(C)CN6C(=O)C(C(O)CC(N)=O)NC(=O)C(C(O)C(O)c6ccc(O)c(OSOO[O-])c6)NC(=O)C6CC(O)CN6C(=O)C(C(C)O)NC5=O)s4)o3)cc2)cc1.[Na+]. The Morgan fingerprint density at radius 1 is 0.798 bits per heavy atom. The molecule has 5 aromatic rings. The number of aromatic nitrogens is 2. The molecule has 35 heteroatoms. The van der Waals surface area contributed by atoms with E-state index in [1.54, 1.807) is 12.1 Å². The van der Waals surface area contributed by atoms with Crippen LogP contribution in [0.3, 0.4) is 0 Å². The molecule has 94 heavy (non-hydrogen) atoms. The third kappa shape index (κ3) is 18.3. The number of phenolic OH excluding ortho intramolecular Hbond substituents is 1. The number of ether oxygens (including phenoxy) is 1. The molecule has 502 valence electrons. The second kappa shape index (κ2) is 33.8. The molecule has 0 spiro atoms. The number of fused-ring (bicyclic) bond motifs is 2. The van der Waals surface area contributed by atoms with Gasteiger partial charge in [0.2, 0.25) is 47.2 Å². The first-order valence-electron chi connectivity index (χ1n) is 29.4. The molecule has 15 N–H and O–H groups in total. The molecule has 8 rings (SSSR count). The normalized spacial score (nSPS) is 24.6. The summed E-state index contributed by atoms with van der Waals surface area (Å²) in [5.74, 6) is -11.2. The zero-order chi connectivity index (χ0) is 67.4. The van der Waals surface area contributed by atoms with Gasteiger partial charge in [0.15, 0.2) is 11.5 Å². The van der Waals surface area contributed by atoms with Crippen molar-refractivity contribution in [3.63, 3.8) is 0 Å². The van der Waals surface area contributed by atoms with Crippen LogP contribution in [0.5, 0.6) is 17.2 Å². The van der Waals surface area contributed by atoms with E-state index in [2.05, 4.69) is 53.1 Å². The fourth-order valence-electron chi connectivity index (χ4n) is 10.8. The molecule has 2 aromatic heterocycles. The van der Waals surface area contributed by atoms with Crippen molar-refractivity contribution in [1.29, 1.82) is 0 Å². The van der Waals surface area contributed by atoms with Crippen molar-refractivity contribution in [3.8, 4) is 50.6 Å². The number of aliphatic hydroxyl groups is 7. The average Bonchev–Trinajstić information content (AvgIpc) is 1.65. The molecule has 3 aliphatic heterocycles. The van der Waals surface area contributed by atoms with Crippen LogP contribution < -0.4 is 76.1 Å². The molecule has 3 aromatic carbocycles. The zero-order valence-corrected chi connectivity index (χ0v) is 54.8. The van der Waals surface area contributed by atoms with E-state index >= 15 is 0 Å². The summed E-state index contributed by atoms with van der Waals surface area (Å²) in [4.78, 5) is 115. The molecule has 14 atom stereocenters. The van der Waals surface area contributed by atoms with Crippen LogP contribution in [0.1, 0.15) is 80.6 Å². The molecule has 0 radical (unpaired) electrons. The number of β-amino-alcohol motifs (C(OH)–C–C–N with tert-alkyl or cyclic N) is 1. The minimum Gasteiger partial charge on any atom is -0.691 e. The van der Waals surface area contributed by atoms with Crippen molar-refractivity contribution in [3.05, 3.63) is 89.3 Å². The maximum Gasteiger partial charge on any atom is 1.00 e. The molecule has 0 saturated carbocycles. The summed E-state index contributed by atoms with van der Waals surface area (Å²) < 4.78 is 20.9. The van der Waals surface area contributed by atoms with Crippen LogP contribution in [-0.2, 0) is 42.9 Å².